The highest BCUT2D eigenvalue weighted by atomic mass is 15.3. The smallest absolute Gasteiger partial charge is 0.0723 e. The van der Waals surface area contributed by atoms with Crippen molar-refractivity contribution in [1.29, 1.82) is 0 Å². The average Bonchev–Trinajstić information content (AvgIpc) is 2.82. The first-order valence-electron chi connectivity index (χ1n) is 5.17. The van der Waals surface area contributed by atoms with Crippen LogP contribution in [-0.2, 0) is 13.5 Å². The van der Waals surface area contributed by atoms with Gasteiger partial charge in [-0.1, -0.05) is 18.2 Å². The maximum absolute atomic E-state index is 4.20. The van der Waals surface area contributed by atoms with Gasteiger partial charge in [-0.05, 0) is 17.7 Å². The first-order valence-corrected chi connectivity index (χ1v) is 5.17. The van der Waals surface area contributed by atoms with E-state index in [4.69, 9.17) is 0 Å². The summed E-state index contributed by atoms with van der Waals surface area (Å²) in [6.45, 7) is 0. The Kier molecular flexibility index (Phi) is 1.78. The van der Waals surface area contributed by atoms with E-state index in [-0.39, 0.29) is 0 Å². The number of para-hydroxylation sites is 1. The average molecular weight is 199 g/mol. The van der Waals surface area contributed by atoms with Crippen molar-refractivity contribution < 1.29 is 0 Å². The molecule has 2 heterocycles. The minimum Gasteiger partial charge on any atom is -0.376 e. The molecular weight excluding hydrogens is 186 g/mol. The highest BCUT2D eigenvalue weighted by Gasteiger charge is 2.23. The normalized spacial score (nSPS) is 18.6. The minimum absolute atomic E-state index is 0.370. The molecule has 3 heteroatoms. The van der Waals surface area contributed by atoms with Gasteiger partial charge in [0.25, 0.3) is 0 Å². The maximum Gasteiger partial charge on any atom is 0.0723 e. The fourth-order valence-electron chi connectivity index (χ4n) is 2.20. The largest absolute Gasteiger partial charge is 0.376 e. The first kappa shape index (κ1) is 8.53. The molecule has 15 heavy (non-hydrogen) atoms. The summed E-state index contributed by atoms with van der Waals surface area (Å²) in [6, 6.07) is 10.9. The van der Waals surface area contributed by atoms with Crippen molar-refractivity contribution >= 4 is 5.69 Å². The summed E-state index contributed by atoms with van der Waals surface area (Å²) in [5, 5.41) is 7.72. The van der Waals surface area contributed by atoms with Gasteiger partial charge >= 0.3 is 0 Å². The van der Waals surface area contributed by atoms with Crippen molar-refractivity contribution in [2.75, 3.05) is 5.32 Å². The highest BCUT2D eigenvalue weighted by molar-refractivity contribution is 5.57. The molecule has 0 saturated heterocycles. The van der Waals surface area contributed by atoms with Gasteiger partial charge in [-0.2, -0.15) is 5.10 Å². The molecule has 1 aromatic heterocycles. The Morgan fingerprint density at radius 3 is 2.93 bits per heavy atom. The van der Waals surface area contributed by atoms with Gasteiger partial charge in [-0.3, -0.25) is 4.68 Å². The molecule has 0 spiro atoms. The predicted octanol–water partition coefficient (Wildman–Crippen LogP) is 2.13. The topological polar surface area (TPSA) is 29.9 Å². The standard InChI is InChI=1S/C12H13N3/c1-15-12(6-7-13-15)11-8-9-4-2-3-5-10(9)14-11/h2-7,11,14H,8H2,1H3. The lowest BCUT2D eigenvalue weighted by atomic mass is 10.1. The van der Waals surface area contributed by atoms with E-state index in [0.29, 0.717) is 6.04 Å². The summed E-state index contributed by atoms with van der Waals surface area (Å²) < 4.78 is 1.93. The van der Waals surface area contributed by atoms with E-state index in [2.05, 4.69) is 40.7 Å². The Balaban J connectivity index is 1.94. The van der Waals surface area contributed by atoms with Crippen LogP contribution in [0.15, 0.2) is 36.5 Å². The predicted molar refractivity (Wildman–Crippen MR) is 59.7 cm³/mol. The summed E-state index contributed by atoms with van der Waals surface area (Å²) in [7, 11) is 1.99. The number of hydrogen-bond acceptors (Lipinski definition) is 2. The second kappa shape index (κ2) is 3.12. The molecule has 0 aliphatic carbocycles. The van der Waals surface area contributed by atoms with Crippen LogP contribution in [0.25, 0.3) is 0 Å². The van der Waals surface area contributed by atoms with E-state index in [1.54, 1.807) is 0 Å². The summed E-state index contributed by atoms with van der Waals surface area (Å²) in [4.78, 5) is 0. The SMILES string of the molecule is Cn1nccc1C1Cc2ccccc2N1. The highest BCUT2D eigenvalue weighted by Crippen LogP contribution is 2.33. The lowest BCUT2D eigenvalue weighted by Crippen LogP contribution is -2.10. The number of hydrogen-bond donors (Lipinski definition) is 1. The van der Waals surface area contributed by atoms with E-state index >= 15 is 0 Å². The number of rotatable bonds is 1. The van der Waals surface area contributed by atoms with Crippen LogP contribution in [0.4, 0.5) is 5.69 Å². The lowest BCUT2D eigenvalue weighted by Gasteiger charge is -2.11. The van der Waals surface area contributed by atoms with Gasteiger partial charge in [-0.25, -0.2) is 0 Å². The fourth-order valence-corrected chi connectivity index (χ4v) is 2.20. The summed E-state index contributed by atoms with van der Waals surface area (Å²) >= 11 is 0. The molecule has 0 fully saturated rings. The third-order valence-electron chi connectivity index (χ3n) is 2.99. The van der Waals surface area contributed by atoms with Gasteiger partial charge in [0.2, 0.25) is 0 Å². The monoisotopic (exact) mass is 199 g/mol. The molecule has 1 aliphatic rings. The van der Waals surface area contributed by atoms with Crippen molar-refractivity contribution in [1.82, 2.24) is 9.78 Å². The number of aromatic nitrogens is 2. The fraction of sp³-hybridized carbons (Fsp3) is 0.250. The Bertz CT molecular complexity index is 462. The van der Waals surface area contributed by atoms with Gasteiger partial charge < -0.3 is 5.32 Å². The van der Waals surface area contributed by atoms with Crippen LogP contribution in [-0.4, -0.2) is 9.78 Å². The van der Waals surface area contributed by atoms with Crippen LogP contribution < -0.4 is 5.32 Å². The van der Waals surface area contributed by atoms with Crippen LogP contribution in [0.2, 0.25) is 0 Å². The summed E-state index contributed by atoms with van der Waals surface area (Å²) in [5.74, 6) is 0. The van der Waals surface area contributed by atoms with Crippen molar-refractivity contribution in [2.45, 2.75) is 12.5 Å². The van der Waals surface area contributed by atoms with E-state index in [1.807, 2.05) is 17.9 Å². The third kappa shape index (κ3) is 1.31. The molecule has 3 rings (SSSR count). The second-order valence-corrected chi connectivity index (χ2v) is 3.94. The molecule has 1 aliphatic heterocycles. The zero-order chi connectivity index (χ0) is 10.3. The Morgan fingerprint density at radius 2 is 2.20 bits per heavy atom. The number of nitrogens with one attached hydrogen (secondary N) is 1. The van der Waals surface area contributed by atoms with Gasteiger partial charge in [-0.15, -0.1) is 0 Å². The van der Waals surface area contributed by atoms with E-state index in [9.17, 15) is 0 Å². The zero-order valence-electron chi connectivity index (χ0n) is 8.64. The summed E-state index contributed by atoms with van der Waals surface area (Å²) in [5.41, 5.74) is 3.89. The van der Waals surface area contributed by atoms with Crippen LogP contribution in [0.5, 0.6) is 0 Å². The molecule has 3 nitrogen and oxygen atoms in total. The molecule has 76 valence electrons. The molecule has 1 aromatic carbocycles. The zero-order valence-corrected chi connectivity index (χ0v) is 8.64. The molecule has 0 saturated carbocycles. The van der Waals surface area contributed by atoms with Crippen molar-refractivity contribution in [2.24, 2.45) is 7.05 Å². The van der Waals surface area contributed by atoms with Crippen molar-refractivity contribution in [3.05, 3.63) is 47.8 Å². The maximum atomic E-state index is 4.20. The van der Waals surface area contributed by atoms with Crippen molar-refractivity contribution in [3.8, 4) is 0 Å². The van der Waals surface area contributed by atoms with Gasteiger partial charge in [0.1, 0.15) is 0 Å². The van der Waals surface area contributed by atoms with Gasteiger partial charge in [0.15, 0.2) is 0 Å². The molecule has 1 N–H and O–H groups in total. The minimum atomic E-state index is 0.370. The molecule has 0 bridgehead atoms. The number of benzene rings is 1. The Hall–Kier alpha value is -1.77. The molecular formula is C12H13N3. The molecule has 0 amide bonds. The van der Waals surface area contributed by atoms with Crippen LogP contribution in [0.3, 0.4) is 0 Å². The Labute approximate surface area is 88.7 Å². The lowest BCUT2D eigenvalue weighted by molar-refractivity contribution is 0.660. The van der Waals surface area contributed by atoms with Gasteiger partial charge in [0.05, 0.1) is 11.7 Å². The summed E-state index contributed by atoms with van der Waals surface area (Å²) in [6.07, 6.45) is 2.90. The third-order valence-corrected chi connectivity index (χ3v) is 2.99. The van der Waals surface area contributed by atoms with Crippen molar-refractivity contribution in [3.63, 3.8) is 0 Å². The quantitative estimate of drug-likeness (QED) is 0.762. The number of anilines is 1. The number of nitrogens with zero attached hydrogens (tertiary/aromatic N) is 2. The molecule has 1 atom stereocenters. The Morgan fingerprint density at radius 1 is 1.33 bits per heavy atom. The number of aryl methyl sites for hydroxylation is 1. The van der Waals surface area contributed by atoms with Crippen LogP contribution in [0.1, 0.15) is 17.3 Å². The van der Waals surface area contributed by atoms with Crippen LogP contribution in [0, 0.1) is 0 Å². The number of fused-ring (bicyclic) bond motifs is 1. The second-order valence-electron chi connectivity index (χ2n) is 3.94. The van der Waals surface area contributed by atoms with E-state index in [0.717, 1.165) is 6.42 Å². The molecule has 1 unspecified atom stereocenters. The van der Waals surface area contributed by atoms with Crippen LogP contribution >= 0.6 is 0 Å². The first-order chi connectivity index (χ1) is 7.34. The van der Waals surface area contributed by atoms with E-state index in [1.165, 1.54) is 16.9 Å². The molecule has 0 radical (unpaired) electrons. The van der Waals surface area contributed by atoms with Gasteiger partial charge in [0, 0.05) is 25.4 Å². The van der Waals surface area contributed by atoms with E-state index < -0.39 is 0 Å². The molecule has 2 aromatic rings.